The summed E-state index contributed by atoms with van der Waals surface area (Å²) in [5.41, 5.74) is 2.37. The van der Waals surface area contributed by atoms with E-state index in [9.17, 15) is 9.18 Å². The van der Waals surface area contributed by atoms with E-state index in [0.29, 0.717) is 23.6 Å². The van der Waals surface area contributed by atoms with E-state index in [2.05, 4.69) is 15.6 Å². The molecule has 0 atom stereocenters. The Morgan fingerprint density at radius 3 is 2.95 bits per heavy atom. The first-order chi connectivity index (χ1) is 9.65. The highest BCUT2D eigenvalue weighted by Gasteiger charge is 2.33. The lowest BCUT2D eigenvalue weighted by atomic mass is 10.1. The molecular formula is C15H16FN3O. The number of nitrogens with one attached hydrogen (secondary N) is 2. The lowest BCUT2D eigenvalue weighted by Crippen LogP contribution is -2.29. The molecule has 3 rings (SSSR count). The van der Waals surface area contributed by atoms with E-state index < -0.39 is 0 Å². The average Bonchev–Trinajstić information content (AvgIpc) is 3.26. The molecule has 1 aliphatic carbocycles. The lowest BCUT2D eigenvalue weighted by molar-refractivity contribution is -0.117. The molecule has 1 heterocycles. The highest BCUT2D eigenvalue weighted by atomic mass is 19.1. The van der Waals surface area contributed by atoms with Gasteiger partial charge in [0, 0.05) is 5.92 Å². The predicted molar refractivity (Wildman–Crippen MR) is 76.0 cm³/mol. The van der Waals surface area contributed by atoms with Crippen LogP contribution in [0, 0.1) is 18.7 Å². The van der Waals surface area contributed by atoms with Gasteiger partial charge in [0.2, 0.25) is 0 Å². The van der Waals surface area contributed by atoms with Gasteiger partial charge in [-0.1, -0.05) is 6.07 Å². The minimum absolute atomic E-state index is 0.0890. The number of hydrogen-bond acceptors (Lipinski definition) is 4. The molecule has 20 heavy (non-hydrogen) atoms. The van der Waals surface area contributed by atoms with Crippen LogP contribution in [0.2, 0.25) is 0 Å². The van der Waals surface area contributed by atoms with Crippen LogP contribution >= 0.6 is 0 Å². The summed E-state index contributed by atoms with van der Waals surface area (Å²) in [7, 11) is 0. The third-order valence-electron chi connectivity index (χ3n) is 3.46. The summed E-state index contributed by atoms with van der Waals surface area (Å²) in [6, 6.07) is 4.97. The topological polar surface area (TPSA) is 53.5 Å². The number of ketones is 1. The zero-order valence-corrected chi connectivity index (χ0v) is 11.2. The standard InChI is InChI=1S/C15H16FN3O/c1-9-2-5-12(11(16)6-9)19-13-7-17-8-18-14(13)15(20)10-3-4-10/h2,5-6,8,10,19H,3-4,7H2,1H3,(H,17,18). The van der Waals surface area contributed by atoms with Gasteiger partial charge in [-0.25, -0.2) is 4.39 Å². The van der Waals surface area contributed by atoms with Crippen molar-refractivity contribution >= 4 is 17.8 Å². The van der Waals surface area contributed by atoms with Crippen molar-refractivity contribution in [2.45, 2.75) is 19.8 Å². The van der Waals surface area contributed by atoms with Crippen molar-refractivity contribution in [1.82, 2.24) is 5.32 Å². The molecule has 1 aromatic rings. The number of Topliss-reactive ketones (excluding diaryl/α,β-unsaturated/α-hetero) is 1. The summed E-state index contributed by atoms with van der Waals surface area (Å²) in [5.74, 6) is -0.125. The Hall–Kier alpha value is -2.17. The number of carbonyl (C=O) groups is 1. The van der Waals surface area contributed by atoms with Gasteiger partial charge >= 0.3 is 0 Å². The fourth-order valence-electron chi connectivity index (χ4n) is 2.17. The van der Waals surface area contributed by atoms with Gasteiger partial charge in [0.05, 0.1) is 24.3 Å². The van der Waals surface area contributed by atoms with Gasteiger partial charge in [0.1, 0.15) is 11.5 Å². The van der Waals surface area contributed by atoms with Crippen LogP contribution < -0.4 is 10.6 Å². The van der Waals surface area contributed by atoms with Crippen LogP contribution in [0.4, 0.5) is 10.1 Å². The molecule has 0 unspecified atom stereocenters. The molecule has 1 fully saturated rings. The van der Waals surface area contributed by atoms with E-state index in [-0.39, 0.29) is 17.5 Å². The van der Waals surface area contributed by atoms with E-state index in [1.54, 1.807) is 6.07 Å². The molecule has 0 aromatic heterocycles. The highest BCUT2D eigenvalue weighted by Crippen LogP contribution is 2.33. The maximum Gasteiger partial charge on any atom is 0.183 e. The number of hydrogen-bond donors (Lipinski definition) is 2. The van der Waals surface area contributed by atoms with E-state index >= 15 is 0 Å². The molecule has 1 aliphatic heterocycles. The number of allylic oxidation sites excluding steroid dienone is 1. The van der Waals surface area contributed by atoms with Gasteiger partial charge in [-0.05, 0) is 37.5 Å². The fourth-order valence-corrected chi connectivity index (χ4v) is 2.17. The summed E-state index contributed by atoms with van der Waals surface area (Å²) in [6.07, 6.45) is 3.40. The molecule has 1 saturated carbocycles. The molecule has 0 amide bonds. The number of carbonyl (C=O) groups excluding carboxylic acids is 1. The first kappa shape index (κ1) is 12.8. The molecule has 104 valence electrons. The van der Waals surface area contributed by atoms with Gasteiger partial charge < -0.3 is 10.6 Å². The lowest BCUT2D eigenvalue weighted by Gasteiger charge is -2.18. The number of benzene rings is 1. The molecule has 0 spiro atoms. The molecule has 1 aromatic carbocycles. The van der Waals surface area contributed by atoms with Crippen LogP contribution in [0.25, 0.3) is 0 Å². The zero-order chi connectivity index (χ0) is 14.1. The van der Waals surface area contributed by atoms with Crippen LogP contribution in [0.5, 0.6) is 0 Å². The molecule has 2 aliphatic rings. The average molecular weight is 273 g/mol. The maximum atomic E-state index is 13.9. The smallest absolute Gasteiger partial charge is 0.183 e. The number of nitrogens with zero attached hydrogens (tertiary/aromatic N) is 1. The first-order valence-corrected chi connectivity index (χ1v) is 6.70. The zero-order valence-electron chi connectivity index (χ0n) is 11.2. The largest absolute Gasteiger partial charge is 0.353 e. The van der Waals surface area contributed by atoms with Crippen molar-refractivity contribution in [2.75, 3.05) is 11.9 Å². The van der Waals surface area contributed by atoms with Gasteiger partial charge in [0.15, 0.2) is 5.78 Å². The summed E-state index contributed by atoms with van der Waals surface area (Å²) in [5, 5.41) is 5.89. The van der Waals surface area contributed by atoms with Crippen LogP contribution in [-0.2, 0) is 4.79 Å². The van der Waals surface area contributed by atoms with Crippen LogP contribution in [-0.4, -0.2) is 18.7 Å². The Bertz CT molecular complexity index is 618. The fraction of sp³-hybridized carbons (Fsp3) is 0.333. The van der Waals surface area contributed by atoms with Crippen molar-refractivity contribution in [3.05, 3.63) is 41.0 Å². The first-order valence-electron chi connectivity index (χ1n) is 6.70. The number of rotatable bonds is 4. The summed E-state index contributed by atoms with van der Waals surface area (Å²) >= 11 is 0. The molecular weight excluding hydrogens is 257 g/mol. The minimum Gasteiger partial charge on any atom is -0.353 e. The Morgan fingerprint density at radius 2 is 2.25 bits per heavy atom. The Kier molecular flexibility index (Phi) is 3.26. The van der Waals surface area contributed by atoms with E-state index in [1.165, 1.54) is 12.4 Å². The molecule has 0 radical (unpaired) electrons. The van der Waals surface area contributed by atoms with Gasteiger partial charge in [-0.2, -0.15) is 0 Å². The van der Waals surface area contributed by atoms with Crippen LogP contribution in [0.3, 0.4) is 0 Å². The normalized spacial score (nSPS) is 17.9. The van der Waals surface area contributed by atoms with Crippen LogP contribution in [0.15, 0.2) is 34.6 Å². The van der Waals surface area contributed by atoms with E-state index in [0.717, 1.165) is 18.4 Å². The van der Waals surface area contributed by atoms with Crippen molar-refractivity contribution in [1.29, 1.82) is 0 Å². The molecule has 4 nitrogen and oxygen atoms in total. The monoisotopic (exact) mass is 273 g/mol. The van der Waals surface area contributed by atoms with Crippen molar-refractivity contribution in [3.63, 3.8) is 0 Å². The van der Waals surface area contributed by atoms with Gasteiger partial charge in [-0.3, -0.25) is 9.79 Å². The SMILES string of the molecule is Cc1ccc(NC2=C(C(=O)C3CC3)NC=NC2)c(F)c1. The summed E-state index contributed by atoms with van der Waals surface area (Å²) in [4.78, 5) is 16.3. The van der Waals surface area contributed by atoms with Gasteiger partial charge in [-0.15, -0.1) is 0 Å². The van der Waals surface area contributed by atoms with Crippen molar-refractivity contribution in [3.8, 4) is 0 Å². The molecule has 0 saturated heterocycles. The Balaban J connectivity index is 1.87. The van der Waals surface area contributed by atoms with Crippen molar-refractivity contribution in [2.24, 2.45) is 10.9 Å². The minimum atomic E-state index is -0.328. The number of anilines is 1. The van der Waals surface area contributed by atoms with Crippen molar-refractivity contribution < 1.29 is 9.18 Å². The second-order valence-corrected chi connectivity index (χ2v) is 5.21. The quantitative estimate of drug-likeness (QED) is 0.885. The number of halogens is 1. The molecule has 2 N–H and O–H groups in total. The Labute approximate surface area is 116 Å². The Morgan fingerprint density at radius 1 is 1.45 bits per heavy atom. The predicted octanol–water partition coefficient (Wildman–Crippen LogP) is 2.37. The van der Waals surface area contributed by atoms with Gasteiger partial charge in [0.25, 0.3) is 0 Å². The van der Waals surface area contributed by atoms with E-state index in [1.807, 2.05) is 13.0 Å². The van der Waals surface area contributed by atoms with Crippen LogP contribution in [0.1, 0.15) is 18.4 Å². The van der Waals surface area contributed by atoms with E-state index in [4.69, 9.17) is 0 Å². The second-order valence-electron chi connectivity index (χ2n) is 5.21. The summed E-state index contributed by atoms with van der Waals surface area (Å²) < 4.78 is 13.9. The number of aryl methyl sites for hydroxylation is 1. The number of aliphatic imine (C=N–C) groups is 1. The second kappa shape index (κ2) is 5.07. The molecule has 5 heteroatoms. The third-order valence-corrected chi connectivity index (χ3v) is 3.46. The third kappa shape index (κ3) is 2.57. The molecule has 0 bridgehead atoms. The highest BCUT2D eigenvalue weighted by molar-refractivity contribution is 6.01. The maximum absolute atomic E-state index is 13.9. The summed E-state index contributed by atoms with van der Waals surface area (Å²) in [6.45, 7) is 2.19.